The molecule has 31 heavy (non-hydrogen) atoms. The van der Waals surface area contributed by atoms with E-state index >= 15 is 0 Å². The first kappa shape index (κ1) is 22.2. The lowest BCUT2D eigenvalue weighted by Gasteiger charge is -2.30. The van der Waals surface area contributed by atoms with Crippen molar-refractivity contribution in [3.8, 4) is 11.4 Å². The molecule has 8 heteroatoms. The zero-order chi connectivity index (χ0) is 21.5. The molecule has 1 N–H and O–H groups in total. The fourth-order valence-electron chi connectivity index (χ4n) is 4.31. The Morgan fingerprint density at radius 2 is 1.90 bits per heavy atom. The van der Waals surface area contributed by atoms with Gasteiger partial charge in [-0.15, -0.1) is 0 Å². The molecule has 0 spiro atoms. The summed E-state index contributed by atoms with van der Waals surface area (Å²) >= 11 is 5.93. The van der Waals surface area contributed by atoms with E-state index < -0.39 is 0 Å². The van der Waals surface area contributed by atoms with E-state index in [1.807, 2.05) is 24.3 Å². The van der Waals surface area contributed by atoms with Crippen molar-refractivity contribution in [1.29, 1.82) is 0 Å². The zero-order valence-corrected chi connectivity index (χ0v) is 18.6. The Morgan fingerprint density at radius 1 is 1.16 bits per heavy atom. The third-order valence-electron chi connectivity index (χ3n) is 6.16. The topological polar surface area (TPSA) is 80.5 Å². The van der Waals surface area contributed by atoms with Crippen LogP contribution in [0.2, 0.25) is 5.02 Å². The highest BCUT2D eigenvalue weighted by atomic mass is 35.5. The fourth-order valence-corrected chi connectivity index (χ4v) is 4.44. The Kier molecular flexibility index (Phi) is 7.94. The predicted molar refractivity (Wildman–Crippen MR) is 119 cm³/mol. The number of aromatic nitrogens is 2. The molecule has 7 nitrogen and oxygen atoms in total. The third-order valence-corrected chi connectivity index (χ3v) is 6.42. The molecule has 1 amide bonds. The molecule has 1 saturated heterocycles. The lowest BCUT2D eigenvalue weighted by atomic mass is 9.96. The lowest BCUT2D eigenvalue weighted by molar-refractivity contribution is -0.126. The van der Waals surface area contributed by atoms with Gasteiger partial charge in [-0.1, -0.05) is 29.6 Å². The summed E-state index contributed by atoms with van der Waals surface area (Å²) in [5, 5.41) is 7.83. The van der Waals surface area contributed by atoms with Gasteiger partial charge < -0.3 is 14.6 Å². The Bertz CT molecular complexity index is 828. The fraction of sp³-hybridized carbons (Fsp3) is 0.609. The van der Waals surface area contributed by atoms with Crippen LogP contribution < -0.4 is 5.32 Å². The Hall–Kier alpha value is -1.96. The second-order valence-corrected chi connectivity index (χ2v) is 8.93. The largest absolute Gasteiger partial charge is 0.378 e. The molecule has 1 saturated carbocycles. The molecule has 0 atom stereocenters. The first-order valence-electron chi connectivity index (χ1n) is 11.4. The highest BCUT2D eigenvalue weighted by molar-refractivity contribution is 6.30. The zero-order valence-electron chi connectivity index (χ0n) is 17.9. The van der Waals surface area contributed by atoms with Gasteiger partial charge in [0, 0.05) is 29.7 Å². The Morgan fingerprint density at radius 3 is 2.65 bits per heavy atom. The van der Waals surface area contributed by atoms with Gasteiger partial charge in [0.05, 0.1) is 12.6 Å². The Balaban J connectivity index is 1.13. The van der Waals surface area contributed by atoms with Gasteiger partial charge in [0.15, 0.2) is 0 Å². The number of ether oxygens (including phenoxy) is 1. The van der Waals surface area contributed by atoms with Crippen LogP contribution >= 0.6 is 11.6 Å². The minimum Gasteiger partial charge on any atom is -0.378 e. The molecule has 0 radical (unpaired) electrons. The average molecular weight is 447 g/mol. The number of carbonyl (C=O) groups excluding carboxylic acids is 1. The minimum absolute atomic E-state index is 0.0827. The van der Waals surface area contributed by atoms with Crippen molar-refractivity contribution in [2.75, 3.05) is 26.2 Å². The van der Waals surface area contributed by atoms with E-state index in [9.17, 15) is 4.79 Å². The molecule has 2 heterocycles. The van der Waals surface area contributed by atoms with E-state index in [0.29, 0.717) is 35.9 Å². The minimum atomic E-state index is 0.0827. The van der Waals surface area contributed by atoms with Crippen molar-refractivity contribution in [3.05, 3.63) is 35.2 Å². The molecule has 2 aliphatic rings. The number of likely N-dealkylation sites (tertiary alicyclic amines) is 1. The van der Waals surface area contributed by atoms with Gasteiger partial charge >= 0.3 is 0 Å². The Labute approximate surface area is 188 Å². The van der Waals surface area contributed by atoms with Gasteiger partial charge in [0.1, 0.15) is 0 Å². The van der Waals surface area contributed by atoms with E-state index in [1.165, 1.54) is 25.7 Å². The summed E-state index contributed by atoms with van der Waals surface area (Å²) in [4.78, 5) is 19.2. The smallest absolute Gasteiger partial charge is 0.241 e. The molecule has 1 aromatic carbocycles. The molecule has 2 aromatic rings. The van der Waals surface area contributed by atoms with E-state index in [1.54, 1.807) is 0 Å². The van der Waals surface area contributed by atoms with Gasteiger partial charge in [-0.05, 0) is 69.5 Å². The standard InChI is InChI=1S/C23H31ClN4O3/c24-19-8-6-17(7-9-19)22-26-21(31-27-22)16-28-13-10-18(11-14-28)23(29)25-12-3-15-30-20-4-1-2-5-20/h6-9,18,20H,1-5,10-16H2,(H,25,29). The number of nitrogens with zero attached hydrogens (tertiary/aromatic N) is 3. The van der Waals surface area contributed by atoms with Crippen molar-refractivity contribution in [3.63, 3.8) is 0 Å². The predicted octanol–water partition coefficient (Wildman–Crippen LogP) is 4.07. The molecule has 0 bridgehead atoms. The van der Waals surface area contributed by atoms with Crippen molar-refractivity contribution in [2.24, 2.45) is 5.92 Å². The van der Waals surface area contributed by atoms with E-state index in [-0.39, 0.29) is 11.8 Å². The summed E-state index contributed by atoms with van der Waals surface area (Å²) in [7, 11) is 0. The highest BCUT2D eigenvalue weighted by Crippen LogP contribution is 2.22. The van der Waals surface area contributed by atoms with Crippen LogP contribution in [-0.2, 0) is 16.1 Å². The molecular formula is C23H31ClN4O3. The number of rotatable bonds is 9. The van der Waals surface area contributed by atoms with Crippen molar-refractivity contribution in [2.45, 2.75) is 57.6 Å². The molecule has 1 aliphatic carbocycles. The maximum Gasteiger partial charge on any atom is 0.241 e. The van der Waals surface area contributed by atoms with Gasteiger partial charge in [-0.2, -0.15) is 4.98 Å². The van der Waals surface area contributed by atoms with E-state index in [0.717, 1.165) is 44.5 Å². The van der Waals surface area contributed by atoms with E-state index in [2.05, 4.69) is 20.4 Å². The van der Waals surface area contributed by atoms with Crippen LogP contribution in [0.25, 0.3) is 11.4 Å². The van der Waals surface area contributed by atoms with Crippen molar-refractivity contribution < 1.29 is 14.1 Å². The second kappa shape index (κ2) is 11.1. The molecule has 0 unspecified atom stereocenters. The van der Waals surface area contributed by atoms with Crippen molar-refractivity contribution >= 4 is 17.5 Å². The van der Waals surface area contributed by atoms with Crippen LogP contribution in [-0.4, -0.2) is 53.3 Å². The van der Waals surface area contributed by atoms with Crippen LogP contribution in [0.5, 0.6) is 0 Å². The number of piperidine rings is 1. The van der Waals surface area contributed by atoms with Crippen LogP contribution in [0.15, 0.2) is 28.8 Å². The maximum atomic E-state index is 12.4. The number of hydrogen-bond donors (Lipinski definition) is 1. The van der Waals surface area contributed by atoms with Crippen LogP contribution in [0.1, 0.15) is 50.8 Å². The van der Waals surface area contributed by atoms with Gasteiger partial charge in [0.25, 0.3) is 0 Å². The average Bonchev–Trinajstić information content (AvgIpc) is 3.47. The number of hydrogen-bond acceptors (Lipinski definition) is 6. The number of benzene rings is 1. The third kappa shape index (κ3) is 6.51. The summed E-state index contributed by atoms with van der Waals surface area (Å²) in [6.45, 7) is 3.74. The number of carbonyl (C=O) groups is 1. The first-order chi connectivity index (χ1) is 15.2. The van der Waals surface area contributed by atoms with Gasteiger partial charge in [-0.3, -0.25) is 9.69 Å². The number of halogens is 1. The lowest BCUT2D eigenvalue weighted by Crippen LogP contribution is -2.40. The number of amides is 1. The summed E-state index contributed by atoms with van der Waals surface area (Å²) in [5.41, 5.74) is 0.878. The summed E-state index contributed by atoms with van der Waals surface area (Å²) in [5.74, 6) is 1.41. The molecule has 168 valence electrons. The van der Waals surface area contributed by atoms with Crippen LogP contribution in [0.3, 0.4) is 0 Å². The van der Waals surface area contributed by atoms with Gasteiger partial charge in [-0.25, -0.2) is 0 Å². The maximum absolute atomic E-state index is 12.4. The van der Waals surface area contributed by atoms with Crippen LogP contribution in [0.4, 0.5) is 0 Å². The quantitative estimate of drug-likeness (QED) is 0.585. The normalized spacial score (nSPS) is 18.5. The highest BCUT2D eigenvalue weighted by Gasteiger charge is 2.26. The van der Waals surface area contributed by atoms with Crippen LogP contribution in [0, 0.1) is 5.92 Å². The number of nitrogens with one attached hydrogen (secondary N) is 1. The second-order valence-electron chi connectivity index (χ2n) is 8.49. The molecule has 2 fully saturated rings. The molecule has 1 aliphatic heterocycles. The SMILES string of the molecule is O=C(NCCCOC1CCCC1)C1CCN(Cc2nc(-c3ccc(Cl)cc3)no2)CC1. The summed E-state index contributed by atoms with van der Waals surface area (Å²) in [6, 6.07) is 7.38. The van der Waals surface area contributed by atoms with Crippen molar-refractivity contribution in [1.82, 2.24) is 20.4 Å². The molecule has 1 aromatic heterocycles. The summed E-state index contributed by atoms with van der Waals surface area (Å²) < 4.78 is 11.3. The van der Waals surface area contributed by atoms with Gasteiger partial charge in [0.2, 0.25) is 17.6 Å². The summed E-state index contributed by atoms with van der Waals surface area (Å²) in [6.07, 6.45) is 7.99. The molecule has 4 rings (SSSR count). The monoisotopic (exact) mass is 446 g/mol. The van der Waals surface area contributed by atoms with E-state index in [4.69, 9.17) is 20.9 Å². The first-order valence-corrected chi connectivity index (χ1v) is 11.8. The molecular weight excluding hydrogens is 416 g/mol.